The van der Waals surface area contributed by atoms with E-state index in [0.29, 0.717) is 6.42 Å². The molecule has 1 amide bonds. The SMILES string of the molecule is O=C(CC1(C(=O)O)CCCN(C(=O)O)C1)OCc1ccccc1. The van der Waals surface area contributed by atoms with Gasteiger partial charge in [-0.15, -0.1) is 0 Å². The zero-order valence-electron chi connectivity index (χ0n) is 12.6. The Morgan fingerprint density at radius 1 is 1.17 bits per heavy atom. The number of esters is 1. The van der Waals surface area contributed by atoms with E-state index in [0.717, 1.165) is 10.5 Å². The lowest BCUT2D eigenvalue weighted by Crippen LogP contribution is -2.50. The largest absolute Gasteiger partial charge is 0.481 e. The van der Waals surface area contributed by atoms with E-state index in [-0.39, 0.29) is 32.5 Å². The molecule has 1 atom stereocenters. The summed E-state index contributed by atoms with van der Waals surface area (Å²) in [4.78, 5) is 35.8. The molecule has 0 spiro atoms. The fourth-order valence-corrected chi connectivity index (χ4v) is 2.75. The van der Waals surface area contributed by atoms with E-state index < -0.39 is 23.4 Å². The molecular formula is C16H19NO6. The summed E-state index contributed by atoms with van der Waals surface area (Å²) in [5.74, 6) is -1.80. The van der Waals surface area contributed by atoms with Crippen molar-refractivity contribution in [2.24, 2.45) is 5.41 Å². The lowest BCUT2D eigenvalue weighted by molar-refractivity contribution is -0.161. The van der Waals surface area contributed by atoms with E-state index in [1.807, 2.05) is 18.2 Å². The van der Waals surface area contributed by atoms with Gasteiger partial charge in [0.25, 0.3) is 0 Å². The first-order chi connectivity index (χ1) is 10.9. The van der Waals surface area contributed by atoms with Crippen molar-refractivity contribution in [2.75, 3.05) is 13.1 Å². The van der Waals surface area contributed by atoms with Gasteiger partial charge in [0, 0.05) is 13.1 Å². The van der Waals surface area contributed by atoms with Crippen molar-refractivity contribution in [2.45, 2.75) is 25.9 Å². The van der Waals surface area contributed by atoms with E-state index >= 15 is 0 Å². The first-order valence-electron chi connectivity index (χ1n) is 7.34. The highest BCUT2D eigenvalue weighted by Crippen LogP contribution is 2.34. The quantitative estimate of drug-likeness (QED) is 0.803. The van der Waals surface area contributed by atoms with Gasteiger partial charge in [0.1, 0.15) is 6.61 Å². The van der Waals surface area contributed by atoms with E-state index in [1.54, 1.807) is 12.1 Å². The van der Waals surface area contributed by atoms with Crippen LogP contribution in [-0.2, 0) is 20.9 Å². The van der Waals surface area contributed by atoms with E-state index in [9.17, 15) is 19.5 Å². The first-order valence-corrected chi connectivity index (χ1v) is 7.34. The second-order valence-corrected chi connectivity index (χ2v) is 5.72. The zero-order valence-corrected chi connectivity index (χ0v) is 12.6. The molecule has 1 aromatic rings. The van der Waals surface area contributed by atoms with E-state index in [4.69, 9.17) is 9.84 Å². The Morgan fingerprint density at radius 2 is 1.87 bits per heavy atom. The van der Waals surface area contributed by atoms with Crippen LogP contribution in [0.2, 0.25) is 0 Å². The van der Waals surface area contributed by atoms with Gasteiger partial charge in [-0.3, -0.25) is 9.59 Å². The Kier molecular flexibility index (Phi) is 5.20. The van der Waals surface area contributed by atoms with Crippen LogP contribution in [0.4, 0.5) is 4.79 Å². The number of ether oxygens (including phenoxy) is 1. The number of hydrogen-bond donors (Lipinski definition) is 2. The highest BCUT2D eigenvalue weighted by Gasteiger charge is 2.45. The molecule has 0 radical (unpaired) electrons. The second-order valence-electron chi connectivity index (χ2n) is 5.72. The predicted molar refractivity (Wildman–Crippen MR) is 79.8 cm³/mol. The molecule has 1 aliphatic rings. The average molecular weight is 321 g/mol. The van der Waals surface area contributed by atoms with E-state index in [2.05, 4.69) is 0 Å². The van der Waals surface area contributed by atoms with Crippen LogP contribution in [0.1, 0.15) is 24.8 Å². The Morgan fingerprint density at radius 3 is 2.48 bits per heavy atom. The molecule has 2 rings (SSSR count). The maximum absolute atomic E-state index is 12.0. The molecule has 0 aliphatic carbocycles. The van der Waals surface area contributed by atoms with E-state index in [1.165, 1.54) is 0 Å². The van der Waals surface area contributed by atoms with Crippen LogP contribution in [0.5, 0.6) is 0 Å². The average Bonchev–Trinajstić information content (AvgIpc) is 2.54. The van der Waals surface area contributed by atoms with Gasteiger partial charge in [-0.25, -0.2) is 4.79 Å². The van der Waals surface area contributed by atoms with Gasteiger partial charge in [-0.2, -0.15) is 0 Å². The summed E-state index contributed by atoms with van der Waals surface area (Å²) in [7, 11) is 0. The smallest absolute Gasteiger partial charge is 0.407 e. The zero-order chi connectivity index (χ0) is 16.9. The summed E-state index contributed by atoms with van der Waals surface area (Å²) in [6.45, 7) is 0.152. The molecule has 1 fully saturated rings. The van der Waals surface area contributed by atoms with Gasteiger partial charge < -0.3 is 19.8 Å². The number of likely N-dealkylation sites (tertiary alicyclic amines) is 1. The van der Waals surface area contributed by atoms with Crippen LogP contribution in [0.3, 0.4) is 0 Å². The molecule has 2 N–H and O–H groups in total. The van der Waals surface area contributed by atoms with Gasteiger partial charge in [-0.1, -0.05) is 30.3 Å². The van der Waals surface area contributed by atoms with Crippen molar-refractivity contribution in [3.05, 3.63) is 35.9 Å². The fourth-order valence-electron chi connectivity index (χ4n) is 2.75. The van der Waals surface area contributed by atoms with Crippen molar-refractivity contribution in [3.63, 3.8) is 0 Å². The number of aliphatic carboxylic acids is 1. The van der Waals surface area contributed by atoms with Crippen molar-refractivity contribution >= 4 is 18.0 Å². The van der Waals surface area contributed by atoms with Crippen molar-refractivity contribution in [1.29, 1.82) is 0 Å². The minimum Gasteiger partial charge on any atom is -0.481 e. The first kappa shape index (κ1) is 16.8. The van der Waals surface area contributed by atoms with Crippen LogP contribution in [0.15, 0.2) is 30.3 Å². The molecule has 7 nitrogen and oxygen atoms in total. The van der Waals surface area contributed by atoms with Crippen LogP contribution in [0, 0.1) is 5.41 Å². The standard InChI is InChI=1S/C16H19NO6/c18-13(23-10-12-5-2-1-3-6-12)9-16(14(19)20)7-4-8-17(11-16)15(21)22/h1-3,5-6H,4,7-11H2,(H,19,20)(H,21,22). The molecule has 0 bridgehead atoms. The van der Waals surface area contributed by atoms with Crippen LogP contribution < -0.4 is 0 Å². The normalized spacial score (nSPS) is 20.8. The number of benzene rings is 1. The molecule has 7 heteroatoms. The van der Waals surface area contributed by atoms with Gasteiger partial charge in [-0.05, 0) is 18.4 Å². The molecule has 1 unspecified atom stereocenters. The molecule has 1 aromatic carbocycles. The Labute approximate surface area is 133 Å². The van der Waals surface area contributed by atoms with Gasteiger partial charge in [0.05, 0.1) is 11.8 Å². The summed E-state index contributed by atoms with van der Waals surface area (Å²) < 4.78 is 5.13. The van der Waals surface area contributed by atoms with Crippen LogP contribution in [0.25, 0.3) is 0 Å². The Balaban J connectivity index is 2.00. The minimum atomic E-state index is -1.41. The van der Waals surface area contributed by atoms with Crippen molar-refractivity contribution in [1.82, 2.24) is 4.90 Å². The monoisotopic (exact) mass is 321 g/mol. The topological polar surface area (TPSA) is 104 Å². The predicted octanol–water partition coefficient (Wildman–Crippen LogP) is 1.96. The highest BCUT2D eigenvalue weighted by atomic mass is 16.5. The molecule has 124 valence electrons. The third kappa shape index (κ3) is 4.21. The number of carbonyl (C=O) groups excluding carboxylic acids is 1. The number of carboxylic acids is 1. The molecule has 0 aromatic heterocycles. The van der Waals surface area contributed by atoms with Crippen molar-refractivity contribution in [3.8, 4) is 0 Å². The molecule has 1 aliphatic heterocycles. The third-order valence-electron chi connectivity index (χ3n) is 4.03. The Bertz CT molecular complexity index is 587. The number of hydrogen-bond acceptors (Lipinski definition) is 4. The number of rotatable bonds is 5. The number of piperidine rings is 1. The maximum atomic E-state index is 12.0. The lowest BCUT2D eigenvalue weighted by atomic mass is 9.77. The summed E-state index contributed by atoms with van der Waals surface area (Å²) in [5.41, 5.74) is -0.606. The highest BCUT2D eigenvalue weighted by molar-refractivity contribution is 5.83. The van der Waals surface area contributed by atoms with Crippen molar-refractivity contribution < 1.29 is 29.3 Å². The maximum Gasteiger partial charge on any atom is 0.407 e. The van der Waals surface area contributed by atoms with Crippen LogP contribution in [-0.4, -0.2) is 46.2 Å². The van der Waals surface area contributed by atoms with Gasteiger partial charge in [0.2, 0.25) is 0 Å². The fraction of sp³-hybridized carbons (Fsp3) is 0.438. The minimum absolute atomic E-state index is 0.0675. The Hall–Kier alpha value is -2.57. The molecule has 1 heterocycles. The summed E-state index contributed by atoms with van der Waals surface area (Å²) in [6, 6.07) is 9.06. The lowest BCUT2D eigenvalue weighted by Gasteiger charge is -2.37. The third-order valence-corrected chi connectivity index (χ3v) is 4.03. The number of carbonyl (C=O) groups is 3. The van der Waals surface area contributed by atoms with Crippen LogP contribution >= 0.6 is 0 Å². The molecule has 23 heavy (non-hydrogen) atoms. The number of carboxylic acid groups (broad SMARTS) is 2. The number of amides is 1. The summed E-state index contributed by atoms with van der Waals surface area (Å²) in [5, 5.41) is 18.6. The number of nitrogens with zero attached hydrogens (tertiary/aromatic N) is 1. The molecule has 1 saturated heterocycles. The van der Waals surface area contributed by atoms with Gasteiger partial charge in [0.15, 0.2) is 0 Å². The molecular weight excluding hydrogens is 302 g/mol. The van der Waals surface area contributed by atoms with Gasteiger partial charge >= 0.3 is 18.0 Å². The summed E-state index contributed by atoms with van der Waals surface area (Å²) >= 11 is 0. The second kappa shape index (κ2) is 7.13. The summed E-state index contributed by atoms with van der Waals surface area (Å²) in [6.07, 6.45) is -0.844. The molecule has 0 saturated carbocycles.